The first-order valence-corrected chi connectivity index (χ1v) is 6.50. The molecule has 0 saturated carbocycles. The highest BCUT2D eigenvalue weighted by molar-refractivity contribution is 6.17. The molecular weight excluding hydrogens is 283 g/mol. The average Bonchev–Trinajstić information content (AvgIpc) is 2.39. The average molecular weight is 301 g/mol. The number of nitrogens with zero attached hydrogens (tertiary/aromatic N) is 1. The zero-order chi connectivity index (χ0) is 13.1. The van der Waals surface area contributed by atoms with Gasteiger partial charge >= 0.3 is 0 Å². The molecule has 2 aromatic rings. The van der Waals surface area contributed by atoms with Gasteiger partial charge in [-0.3, -0.25) is 0 Å². The smallest absolute Gasteiger partial charge is 0.128 e. The monoisotopic (exact) mass is 300 g/mol. The van der Waals surface area contributed by atoms with Crippen LogP contribution in [0.5, 0.6) is 0 Å². The Balaban J connectivity index is 0.00000180. The number of rotatable bonds is 4. The van der Waals surface area contributed by atoms with E-state index in [2.05, 4.69) is 18.0 Å². The number of hydrogen-bond donors (Lipinski definition) is 1. The largest absolute Gasteiger partial charge is 0.383 e. The van der Waals surface area contributed by atoms with E-state index in [4.69, 9.17) is 22.1 Å². The summed E-state index contributed by atoms with van der Waals surface area (Å²) in [6, 6.07) is 8.10. The topological polar surface area (TPSA) is 48.1 Å². The van der Waals surface area contributed by atoms with Crippen LogP contribution in [0.1, 0.15) is 30.6 Å². The fourth-order valence-corrected chi connectivity index (χ4v) is 2.31. The van der Waals surface area contributed by atoms with Crippen molar-refractivity contribution >= 4 is 40.7 Å². The van der Waals surface area contributed by atoms with Crippen LogP contribution in [0.4, 0.5) is 5.82 Å². The number of nitrogens with two attached hydrogens (primary N) is 1. The van der Waals surface area contributed by atoms with E-state index in [-0.39, 0.29) is 18.5 Å². The number of alkyl halides is 1. The van der Waals surface area contributed by atoms with Gasteiger partial charge in [0.15, 0.2) is 0 Å². The summed E-state index contributed by atoms with van der Waals surface area (Å²) < 4.78 is 5.44. The third-order valence-electron chi connectivity index (χ3n) is 3.12. The van der Waals surface area contributed by atoms with Gasteiger partial charge in [-0.25, -0.2) is 4.98 Å². The molecule has 3 nitrogen and oxygen atoms in total. The van der Waals surface area contributed by atoms with Crippen molar-refractivity contribution in [1.29, 1.82) is 0 Å². The minimum Gasteiger partial charge on any atom is -0.383 e. The molecule has 0 aliphatic carbocycles. The summed E-state index contributed by atoms with van der Waals surface area (Å²) >= 11 is 5.84. The van der Waals surface area contributed by atoms with Crippen LogP contribution in [0.15, 0.2) is 24.3 Å². The molecule has 0 amide bonds. The summed E-state index contributed by atoms with van der Waals surface area (Å²) in [5, 5.41) is 1.05. The lowest BCUT2D eigenvalue weighted by atomic mass is 10.0. The normalized spacial score (nSPS) is 12.2. The lowest BCUT2D eigenvalue weighted by molar-refractivity contribution is 0.100. The van der Waals surface area contributed by atoms with Crippen LogP contribution in [-0.4, -0.2) is 12.1 Å². The Kier molecular flexibility index (Phi) is 5.85. The number of halogens is 2. The Morgan fingerprint density at radius 3 is 2.68 bits per heavy atom. The fourth-order valence-electron chi connectivity index (χ4n) is 2.10. The molecule has 1 aromatic heterocycles. The maximum absolute atomic E-state index is 5.84. The van der Waals surface area contributed by atoms with Crippen molar-refractivity contribution in [2.75, 3.05) is 12.8 Å². The first-order valence-electron chi connectivity index (χ1n) is 5.97. The van der Waals surface area contributed by atoms with Gasteiger partial charge in [0, 0.05) is 18.1 Å². The van der Waals surface area contributed by atoms with Gasteiger partial charge in [-0.05, 0) is 30.2 Å². The van der Waals surface area contributed by atoms with E-state index in [1.807, 2.05) is 18.2 Å². The molecular formula is C14H18Cl2N2O. The number of anilines is 1. The number of ether oxygens (including phenoxy) is 1. The molecule has 2 rings (SSSR count). The van der Waals surface area contributed by atoms with Crippen LogP contribution in [0.3, 0.4) is 0 Å². The van der Waals surface area contributed by atoms with Crippen LogP contribution < -0.4 is 5.73 Å². The van der Waals surface area contributed by atoms with Crippen molar-refractivity contribution in [1.82, 2.24) is 4.98 Å². The molecule has 2 N–H and O–H groups in total. The minimum absolute atomic E-state index is 0. The molecule has 0 aliphatic rings. The molecule has 1 aromatic carbocycles. The van der Waals surface area contributed by atoms with Gasteiger partial charge in [0.25, 0.3) is 0 Å². The highest BCUT2D eigenvalue weighted by Crippen LogP contribution is 2.26. The number of aromatic nitrogens is 1. The number of pyridine rings is 1. The number of hydrogen-bond acceptors (Lipinski definition) is 3. The molecule has 1 unspecified atom stereocenters. The molecule has 19 heavy (non-hydrogen) atoms. The maximum Gasteiger partial charge on any atom is 0.128 e. The molecule has 0 bridgehead atoms. The van der Waals surface area contributed by atoms with Gasteiger partial charge < -0.3 is 10.5 Å². The van der Waals surface area contributed by atoms with Crippen LogP contribution in [0, 0.1) is 0 Å². The Morgan fingerprint density at radius 2 is 2.11 bits per heavy atom. The van der Waals surface area contributed by atoms with Crippen LogP contribution in [0.25, 0.3) is 10.9 Å². The highest BCUT2D eigenvalue weighted by atomic mass is 35.5. The van der Waals surface area contributed by atoms with Crippen LogP contribution >= 0.6 is 24.0 Å². The number of nitrogen functional groups attached to an aromatic ring is 1. The number of fused-ring (bicyclic) bond motifs is 1. The second-order valence-electron chi connectivity index (χ2n) is 4.25. The quantitative estimate of drug-likeness (QED) is 0.866. The third kappa shape index (κ3) is 3.30. The summed E-state index contributed by atoms with van der Waals surface area (Å²) in [6.45, 7) is 2.10. The molecule has 5 heteroatoms. The van der Waals surface area contributed by atoms with E-state index in [0.717, 1.165) is 28.5 Å². The van der Waals surface area contributed by atoms with Crippen molar-refractivity contribution in [2.24, 2.45) is 0 Å². The summed E-state index contributed by atoms with van der Waals surface area (Å²) in [6.07, 6.45) is 1.05. The van der Waals surface area contributed by atoms with E-state index in [9.17, 15) is 0 Å². The molecule has 0 spiro atoms. The first kappa shape index (κ1) is 16.0. The van der Waals surface area contributed by atoms with Gasteiger partial charge in [0.05, 0.1) is 17.5 Å². The molecule has 1 atom stereocenters. The van der Waals surface area contributed by atoms with E-state index in [0.29, 0.717) is 11.7 Å². The summed E-state index contributed by atoms with van der Waals surface area (Å²) in [4.78, 5) is 4.35. The Morgan fingerprint density at radius 1 is 1.37 bits per heavy atom. The standard InChI is InChI=1S/C14H17ClN2O.ClH/c1-3-13(18-2)9-4-5-12-10(6-9)7-11(8-15)14(16)17-12;/h4-7,13H,3,8H2,1-2H3,(H2,16,17);1H. The van der Waals surface area contributed by atoms with E-state index in [1.54, 1.807) is 7.11 Å². The number of methoxy groups -OCH3 is 1. The summed E-state index contributed by atoms with van der Waals surface area (Å²) in [7, 11) is 1.73. The van der Waals surface area contributed by atoms with Crippen molar-refractivity contribution < 1.29 is 4.74 Å². The Hall–Kier alpha value is -1.03. The van der Waals surface area contributed by atoms with E-state index in [1.165, 1.54) is 0 Å². The lowest BCUT2D eigenvalue weighted by Crippen LogP contribution is -2.01. The Labute approximate surface area is 124 Å². The first-order chi connectivity index (χ1) is 8.69. The molecule has 0 fully saturated rings. The second-order valence-corrected chi connectivity index (χ2v) is 4.52. The zero-order valence-electron chi connectivity index (χ0n) is 11.0. The lowest BCUT2D eigenvalue weighted by Gasteiger charge is -2.14. The highest BCUT2D eigenvalue weighted by Gasteiger charge is 2.10. The predicted octanol–water partition coefficient (Wildman–Crippen LogP) is 4.08. The minimum atomic E-state index is 0. The third-order valence-corrected chi connectivity index (χ3v) is 3.41. The fraction of sp³-hybridized carbons (Fsp3) is 0.357. The molecule has 0 aliphatic heterocycles. The summed E-state index contributed by atoms with van der Waals surface area (Å²) in [5.74, 6) is 0.879. The van der Waals surface area contributed by atoms with Crippen LogP contribution in [-0.2, 0) is 10.6 Å². The van der Waals surface area contributed by atoms with Gasteiger partial charge in [-0.1, -0.05) is 13.0 Å². The SMILES string of the molecule is CCC(OC)c1ccc2nc(N)c(CCl)cc2c1.Cl. The predicted molar refractivity (Wildman–Crippen MR) is 83.0 cm³/mol. The molecule has 104 valence electrons. The molecule has 0 saturated heterocycles. The molecule has 1 heterocycles. The number of benzene rings is 1. The molecule has 0 radical (unpaired) electrons. The van der Waals surface area contributed by atoms with Gasteiger partial charge in [0.2, 0.25) is 0 Å². The van der Waals surface area contributed by atoms with E-state index < -0.39 is 0 Å². The van der Waals surface area contributed by atoms with Gasteiger partial charge in [0.1, 0.15) is 5.82 Å². The zero-order valence-corrected chi connectivity index (χ0v) is 12.6. The van der Waals surface area contributed by atoms with Gasteiger partial charge in [-0.2, -0.15) is 0 Å². The van der Waals surface area contributed by atoms with E-state index >= 15 is 0 Å². The van der Waals surface area contributed by atoms with Crippen molar-refractivity contribution in [3.05, 3.63) is 35.4 Å². The van der Waals surface area contributed by atoms with Crippen LogP contribution in [0.2, 0.25) is 0 Å². The van der Waals surface area contributed by atoms with Crippen molar-refractivity contribution in [2.45, 2.75) is 25.3 Å². The van der Waals surface area contributed by atoms with Crippen molar-refractivity contribution in [3.8, 4) is 0 Å². The Bertz CT molecular complexity index is 556. The second kappa shape index (κ2) is 6.94. The maximum atomic E-state index is 5.84. The van der Waals surface area contributed by atoms with Gasteiger partial charge in [-0.15, -0.1) is 24.0 Å². The summed E-state index contributed by atoms with van der Waals surface area (Å²) in [5.41, 5.74) is 8.73. The van der Waals surface area contributed by atoms with Crippen molar-refractivity contribution in [3.63, 3.8) is 0 Å².